The Morgan fingerprint density at radius 2 is 2.05 bits per heavy atom. The SMILES string of the molecule is Nc1nc(C(F)(F)F)nn1-c1ccc(O)c([N+](=O)[O-])c1. The summed E-state index contributed by atoms with van der Waals surface area (Å²) < 4.78 is 37.9. The lowest BCUT2D eigenvalue weighted by atomic mass is 10.2. The van der Waals surface area contributed by atoms with Crippen LogP contribution in [0.25, 0.3) is 5.69 Å². The van der Waals surface area contributed by atoms with E-state index in [9.17, 15) is 28.4 Å². The number of hydrogen-bond acceptors (Lipinski definition) is 6. The number of phenols is 1. The van der Waals surface area contributed by atoms with Crippen LogP contribution in [0.15, 0.2) is 18.2 Å². The minimum Gasteiger partial charge on any atom is -0.502 e. The molecule has 0 saturated heterocycles. The molecule has 3 N–H and O–H groups in total. The molecule has 0 aliphatic rings. The maximum Gasteiger partial charge on any atom is 0.453 e. The monoisotopic (exact) mass is 289 g/mol. The summed E-state index contributed by atoms with van der Waals surface area (Å²) in [6, 6.07) is 2.90. The average molecular weight is 289 g/mol. The molecule has 0 saturated carbocycles. The van der Waals surface area contributed by atoms with Crippen molar-refractivity contribution >= 4 is 11.6 Å². The fourth-order valence-electron chi connectivity index (χ4n) is 1.42. The number of nitro benzene ring substituents is 1. The van der Waals surface area contributed by atoms with Gasteiger partial charge in [0.2, 0.25) is 5.95 Å². The van der Waals surface area contributed by atoms with Crippen molar-refractivity contribution in [1.29, 1.82) is 0 Å². The second-order valence-corrected chi connectivity index (χ2v) is 3.63. The third-order valence-corrected chi connectivity index (χ3v) is 2.29. The molecular formula is C9H6F3N5O3. The Morgan fingerprint density at radius 1 is 1.40 bits per heavy atom. The molecule has 1 aromatic carbocycles. The average Bonchev–Trinajstić information content (AvgIpc) is 2.71. The molecule has 11 heteroatoms. The van der Waals surface area contributed by atoms with Crippen LogP contribution in [0.3, 0.4) is 0 Å². The van der Waals surface area contributed by atoms with E-state index in [2.05, 4.69) is 10.1 Å². The number of anilines is 1. The maximum absolute atomic E-state index is 12.4. The van der Waals surface area contributed by atoms with E-state index in [1.54, 1.807) is 0 Å². The molecule has 106 valence electrons. The molecule has 20 heavy (non-hydrogen) atoms. The highest BCUT2D eigenvalue weighted by molar-refractivity contribution is 5.53. The fourth-order valence-corrected chi connectivity index (χ4v) is 1.42. The van der Waals surface area contributed by atoms with Crippen molar-refractivity contribution in [3.63, 3.8) is 0 Å². The minimum atomic E-state index is -4.79. The van der Waals surface area contributed by atoms with E-state index in [1.165, 1.54) is 0 Å². The number of nitrogens with two attached hydrogens (primary N) is 1. The van der Waals surface area contributed by atoms with Gasteiger partial charge in [-0.25, -0.2) is 0 Å². The number of nitrogen functional groups attached to an aromatic ring is 1. The molecule has 1 aromatic heterocycles. The zero-order chi connectivity index (χ0) is 15.1. The van der Waals surface area contributed by atoms with Crippen LogP contribution in [0.1, 0.15) is 5.82 Å². The second kappa shape index (κ2) is 4.36. The summed E-state index contributed by atoms with van der Waals surface area (Å²) >= 11 is 0. The normalized spacial score (nSPS) is 11.6. The number of alkyl halides is 3. The number of aromatic hydroxyl groups is 1. The predicted octanol–water partition coefficient (Wildman–Crippen LogP) is 1.48. The van der Waals surface area contributed by atoms with Crippen molar-refractivity contribution in [2.45, 2.75) is 6.18 Å². The van der Waals surface area contributed by atoms with Crippen molar-refractivity contribution in [2.75, 3.05) is 5.73 Å². The predicted molar refractivity (Wildman–Crippen MR) is 59.1 cm³/mol. The Morgan fingerprint density at radius 3 is 2.55 bits per heavy atom. The Bertz CT molecular complexity index is 682. The highest BCUT2D eigenvalue weighted by Crippen LogP contribution is 2.30. The standard InChI is InChI=1S/C9H6F3N5O3/c10-9(11,12)7-14-8(13)16(15-7)4-1-2-6(18)5(3-4)17(19)20/h1-3,18H,(H2,13,14,15). The van der Waals surface area contributed by atoms with Gasteiger partial charge < -0.3 is 10.8 Å². The lowest BCUT2D eigenvalue weighted by Crippen LogP contribution is -2.08. The van der Waals surface area contributed by atoms with Crippen LogP contribution in [0.2, 0.25) is 0 Å². The molecule has 8 nitrogen and oxygen atoms in total. The van der Waals surface area contributed by atoms with Crippen LogP contribution in [-0.4, -0.2) is 24.8 Å². The first-order valence-corrected chi connectivity index (χ1v) is 4.97. The van der Waals surface area contributed by atoms with Crippen molar-refractivity contribution < 1.29 is 23.2 Å². The number of benzene rings is 1. The number of rotatable bonds is 2. The van der Waals surface area contributed by atoms with Gasteiger partial charge in [-0.3, -0.25) is 10.1 Å². The fraction of sp³-hybridized carbons (Fsp3) is 0.111. The molecule has 0 amide bonds. The van der Waals surface area contributed by atoms with Crippen LogP contribution in [0.5, 0.6) is 5.75 Å². The van der Waals surface area contributed by atoms with Gasteiger partial charge in [0.05, 0.1) is 10.6 Å². The molecule has 0 bridgehead atoms. The number of phenolic OH excluding ortho intramolecular Hbond substituents is 1. The van der Waals surface area contributed by atoms with Gasteiger partial charge in [0.1, 0.15) is 0 Å². The Kier molecular flexibility index (Phi) is 2.96. The van der Waals surface area contributed by atoms with Gasteiger partial charge >= 0.3 is 11.9 Å². The van der Waals surface area contributed by atoms with E-state index in [1.807, 2.05) is 0 Å². The van der Waals surface area contributed by atoms with Gasteiger partial charge in [0, 0.05) is 6.07 Å². The van der Waals surface area contributed by atoms with Gasteiger partial charge in [-0.15, -0.1) is 5.10 Å². The lowest BCUT2D eigenvalue weighted by Gasteiger charge is -2.03. The molecule has 1 heterocycles. The van der Waals surface area contributed by atoms with Gasteiger partial charge in [0.25, 0.3) is 5.82 Å². The highest BCUT2D eigenvalue weighted by Gasteiger charge is 2.37. The number of halogens is 3. The van der Waals surface area contributed by atoms with E-state index in [0.29, 0.717) is 4.68 Å². The summed E-state index contributed by atoms with van der Waals surface area (Å²) in [6.07, 6.45) is -4.79. The first kappa shape index (κ1) is 13.6. The zero-order valence-electron chi connectivity index (χ0n) is 9.50. The largest absolute Gasteiger partial charge is 0.502 e. The molecule has 0 fully saturated rings. The third kappa shape index (κ3) is 2.32. The molecule has 0 unspecified atom stereocenters. The summed E-state index contributed by atoms with van der Waals surface area (Å²) in [5.74, 6) is -2.68. The summed E-state index contributed by atoms with van der Waals surface area (Å²) in [7, 11) is 0. The summed E-state index contributed by atoms with van der Waals surface area (Å²) in [5, 5.41) is 23.0. The van der Waals surface area contributed by atoms with Crippen LogP contribution in [0, 0.1) is 10.1 Å². The molecule has 0 aliphatic heterocycles. The highest BCUT2D eigenvalue weighted by atomic mass is 19.4. The van der Waals surface area contributed by atoms with E-state index in [-0.39, 0.29) is 5.69 Å². The van der Waals surface area contributed by atoms with Crippen LogP contribution in [0.4, 0.5) is 24.8 Å². The zero-order valence-corrected chi connectivity index (χ0v) is 9.50. The number of hydrogen-bond donors (Lipinski definition) is 2. The molecular weight excluding hydrogens is 283 g/mol. The van der Waals surface area contributed by atoms with Crippen molar-refractivity contribution in [2.24, 2.45) is 0 Å². The van der Waals surface area contributed by atoms with Gasteiger partial charge in [-0.2, -0.15) is 22.8 Å². The van der Waals surface area contributed by atoms with E-state index < -0.39 is 34.3 Å². The van der Waals surface area contributed by atoms with Gasteiger partial charge in [0.15, 0.2) is 5.75 Å². The topological polar surface area (TPSA) is 120 Å². The number of nitrogens with zero attached hydrogens (tertiary/aromatic N) is 4. The number of aromatic nitrogens is 3. The maximum atomic E-state index is 12.4. The molecule has 2 rings (SSSR count). The molecule has 0 atom stereocenters. The van der Waals surface area contributed by atoms with Crippen LogP contribution < -0.4 is 5.73 Å². The lowest BCUT2D eigenvalue weighted by molar-refractivity contribution is -0.385. The molecule has 0 spiro atoms. The Labute approximate surface area is 108 Å². The van der Waals surface area contributed by atoms with E-state index in [4.69, 9.17) is 5.73 Å². The molecule has 2 aromatic rings. The third-order valence-electron chi connectivity index (χ3n) is 2.29. The second-order valence-electron chi connectivity index (χ2n) is 3.63. The Hall–Kier alpha value is -2.85. The van der Waals surface area contributed by atoms with Gasteiger partial charge in [-0.1, -0.05) is 0 Å². The van der Waals surface area contributed by atoms with E-state index >= 15 is 0 Å². The number of nitro groups is 1. The first-order chi connectivity index (χ1) is 9.20. The van der Waals surface area contributed by atoms with Crippen molar-refractivity contribution in [1.82, 2.24) is 14.8 Å². The van der Waals surface area contributed by atoms with Crippen LogP contribution >= 0.6 is 0 Å². The Balaban J connectivity index is 2.55. The van der Waals surface area contributed by atoms with Crippen LogP contribution in [-0.2, 0) is 6.18 Å². The summed E-state index contributed by atoms with van der Waals surface area (Å²) in [4.78, 5) is 12.8. The molecule has 0 radical (unpaired) electrons. The van der Waals surface area contributed by atoms with Crippen molar-refractivity contribution in [3.8, 4) is 11.4 Å². The quantitative estimate of drug-likeness (QED) is 0.638. The summed E-state index contributed by atoms with van der Waals surface area (Å²) in [6.45, 7) is 0. The van der Waals surface area contributed by atoms with Crippen molar-refractivity contribution in [3.05, 3.63) is 34.1 Å². The minimum absolute atomic E-state index is 0.130. The smallest absolute Gasteiger partial charge is 0.453 e. The first-order valence-electron chi connectivity index (χ1n) is 4.97. The summed E-state index contributed by atoms with van der Waals surface area (Å²) in [5.41, 5.74) is 4.47. The van der Waals surface area contributed by atoms with E-state index in [0.717, 1.165) is 18.2 Å². The van der Waals surface area contributed by atoms with Gasteiger partial charge in [-0.05, 0) is 12.1 Å². The molecule has 0 aliphatic carbocycles.